The zero-order valence-electron chi connectivity index (χ0n) is 13.5. The molecular weight excluding hydrogens is 302 g/mol. The van der Waals surface area contributed by atoms with Crippen molar-refractivity contribution >= 4 is 12.1 Å². The van der Waals surface area contributed by atoms with Crippen molar-refractivity contribution in [3.8, 4) is 5.88 Å². The number of carboxylic acid groups (broad SMARTS) is 1. The first kappa shape index (κ1) is 17.0. The molecule has 23 heavy (non-hydrogen) atoms. The summed E-state index contributed by atoms with van der Waals surface area (Å²) in [5.41, 5.74) is -0.636. The highest BCUT2D eigenvalue weighted by Crippen LogP contribution is 2.19. The zero-order valence-corrected chi connectivity index (χ0v) is 13.5. The fraction of sp³-hybridized carbons (Fsp3) is 0.600. The molecule has 2 heterocycles. The lowest BCUT2D eigenvalue weighted by atomic mass is 10.1. The van der Waals surface area contributed by atoms with Crippen LogP contribution in [-0.4, -0.2) is 57.1 Å². The Balaban J connectivity index is 1.82. The predicted molar refractivity (Wildman–Crippen MR) is 80.4 cm³/mol. The molecule has 0 spiro atoms. The van der Waals surface area contributed by atoms with Gasteiger partial charge in [0.2, 0.25) is 5.88 Å². The molecule has 126 valence electrons. The third kappa shape index (κ3) is 5.08. The number of hydrogen-bond acceptors (Lipinski definition) is 6. The number of hydrogen-bond donors (Lipinski definition) is 1. The second kappa shape index (κ2) is 6.80. The number of nitrogens with zero attached hydrogens (tertiary/aromatic N) is 3. The van der Waals surface area contributed by atoms with Crippen molar-refractivity contribution in [1.29, 1.82) is 0 Å². The summed E-state index contributed by atoms with van der Waals surface area (Å²) in [7, 11) is 0. The molecule has 0 saturated carbocycles. The van der Waals surface area contributed by atoms with Crippen LogP contribution in [0.4, 0.5) is 4.79 Å². The number of piperidine rings is 1. The van der Waals surface area contributed by atoms with Gasteiger partial charge in [-0.1, -0.05) is 0 Å². The largest absolute Gasteiger partial charge is 0.476 e. The topological polar surface area (TPSA) is 102 Å². The van der Waals surface area contributed by atoms with Crippen molar-refractivity contribution in [1.82, 2.24) is 15.1 Å². The Morgan fingerprint density at radius 1 is 1.22 bits per heavy atom. The number of aromatic nitrogens is 2. The third-order valence-corrected chi connectivity index (χ3v) is 3.24. The number of carbonyl (C=O) groups is 2. The number of likely N-dealkylation sites (tertiary alicyclic amines) is 1. The average Bonchev–Trinajstić information content (AvgIpc) is 2.46. The van der Waals surface area contributed by atoms with Crippen LogP contribution in [0.25, 0.3) is 0 Å². The van der Waals surface area contributed by atoms with Crippen molar-refractivity contribution in [2.45, 2.75) is 45.3 Å². The second-order valence-electron chi connectivity index (χ2n) is 6.35. The molecule has 1 aliphatic rings. The van der Waals surface area contributed by atoms with E-state index in [4.69, 9.17) is 14.6 Å². The summed E-state index contributed by atoms with van der Waals surface area (Å²) >= 11 is 0. The van der Waals surface area contributed by atoms with Crippen molar-refractivity contribution in [3.63, 3.8) is 0 Å². The Morgan fingerprint density at radius 2 is 1.87 bits per heavy atom. The van der Waals surface area contributed by atoms with Gasteiger partial charge in [0.1, 0.15) is 11.7 Å². The third-order valence-electron chi connectivity index (χ3n) is 3.24. The van der Waals surface area contributed by atoms with Gasteiger partial charge in [-0.05, 0) is 26.8 Å². The van der Waals surface area contributed by atoms with Crippen LogP contribution >= 0.6 is 0 Å². The van der Waals surface area contributed by atoms with Crippen LogP contribution in [0, 0.1) is 0 Å². The van der Waals surface area contributed by atoms with Gasteiger partial charge < -0.3 is 19.5 Å². The Kier molecular flexibility index (Phi) is 5.02. The van der Waals surface area contributed by atoms with Gasteiger partial charge in [-0.3, -0.25) is 0 Å². The number of carboxylic acids is 1. The maximum Gasteiger partial charge on any atom is 0.410 e. The Morgan fingerprint density at radius 3 is 2.35 bits per heavy atom. The van der Waals surface area contributed by atoms with Crippen LogP contribution in [-0.2, 0) is 4.74 Å². The van der Waals surface area contributed by atoms with Gasteiger partial charge in [-0.25, -0.2) is 9.59 Å². The van der Waals surface area contributed by atoms with Crippen molar-refractivity contribution in [2.24, 2.45) is 0 Å². The van der Waals surface area contributed by atoms with Gasteiger partial charge in [0.15, 0.2) is 5.69 Å². The van der Waals surface area contributed by atoms with Gasteiger partial charge in [0.05, 0.1) is 0 Å². The molecule has 1 aromatic heterocycles. The smallest absolute Gasteiger partial charge is 0.410 e. The van der Waals surface area contributed by atoms with E-state index in [1.165, 1.54) is 12.1 Å². The van der Waals surface area contributed by atoms with E-state index in [1.54, 1.807) is 4.90 Å². The van der Waals surface area contributed by atoms with Gasteiger partial charge >= 0.3 is 12.1 Å². The highest BCUT2D eigenvalue weighted by atomic mass is 16.6. The molecule has 0 radical (unpaired) electrons. The molecule has 0 unspecified atom stereocenters. The summed E-state index contributed by atoms with van der Waals surface area (Å²) in [6.45, 7) is 6.58. The zero-order chi connectivity index (χ0) is 17.0. The van der Waals surface area contributed by atoms with Gasteiger partial charge in [0, 0.05) is 32.0 Å². The minimum atomic E-state index is -1.13. The summed E-state index contributed by atoms with van der Waals surface area (Å²) < 4.78 is 11.0. The van der Waals surface area contributed by atoms with E-state index in [9.17, 15) is 9.59 Å². The standard InChI is InChI=1S/C15H21N3O5/c1-15(2,3)23-14(21)18-8-6-10(7-9-18)22-12-5-4-11(13(19)20)16-17-12/h4-5,10H,6-9H2,1-3H3,(H,19,20). The summed E-state index contributed by atoms with van der Waals surface area (Å²) in [6.07, 6.45) is 0.906. The molecule has 0 aliphatic carbocycles. The minimum absolute atomic E-state index is 0.0846. The van der Waals surface area contributed by atoms with Gasteiger partial charge in [-0.2, -0.15) is 0 Å². The second-order valence-corrected chi connectivity index (χ2v) is 6.35. The van der Waals surface area contributed by atoms with Crippen LogP contribution in [0.5, 0.6) is 5.88 Å². The Hall–Kier alpha value is -2.38. The lowest BCUT2D eigenvalue weighted by Crippen LogP contribution is -2.44. The fourth-order valence-corrected chi connectivity index (χ4v) is 2.15. The molecule has 8 nitrogen and oxygen atoms in total. The summed E-state index contributed by atoms with van der Waals surface area (Å²) in [6, 6.07) is 2.83. The van der Waals surface area contributed by atoms with Crippen molar-refractivity contribution in [3.05, 3.63) is 17.8 Å². The van der Waals surface area contributed by atoms with E-state index in [0.717, 1.165) is 0 Å². The summed E-state index contributed by atoms with van der Waals surface area (Å²) in [4.78, 5) is 24.3. The maximum atomic E-state index is 12.0. The van der Waals surface area contributed by atoms with E-state index < -0.39 is 11.6 Å². The highest BCUT2D eigenvalue weighted by molar-refractivity contribution is 5.84. The lowest BCUT2D eigenvalue weighted by Gasteiger charge is -2.33. The number of rotatable bonds is 3. The molecular formula is C15H21N3O5. The van der Waals surface area contributed by atoms with Gasteiger partial charge in [-0.15, -0.1) is 10.2 Å². The monoisotopic (exact) mass is 323 g/mol. The van der Waals surface area contributed by atoms with Crippen LogP contribution < -0.4 is 4.74 Å². The van der Waals surface area contributed by atoms with Crippen LogP contribution in [0.1, 0.15) is 44.1 Å². The first-order valence-electron chi connectivity index (χ1n) is 7.46. The van der Waals surface area contributed by atoms with E-state index in [0.29, 0.717) is 25.9 Å². The molecule has 1 N–H and O–H groups in total. The lowest BCUT2D eigenvalue weighted by molar-refractivity contribution is 0.0122. The minimum Gasteiger partial charge on any atom is -0.476 e. The quantitative estimate of drug-likeness (QED) is 0.907. The molecule has 1 aliphatic heterocycles. The molecule has 0 aromatic carbocycles. The normalized spacial score (nSPS) is 16.0. The fourth-order valence-electron chi connectivity index (χ4n) is 2.15. The first-order valence-corrected chi connectivity index (χ1v) is 7.46. The van der Waals surface area contributed by atoms with Crippen LogP contribution in [0.2, 0.25) is 0 Å². The van der Waals surface area contributed by atoms with E-state index >= 15 is 0 Å². The Labute approximate surface area is 134 Å². The molecule has 1 fully saturated rings. The number of carbonyl (C=O) groups excluding carboxylic acids is 1. The summed E-state index contributed by atoms with van der Waals surface area (Å²) in [5.74, 6) is -0.847. The highest BCUT2D eigenvalue weighted by Gasteiger charge is 2.27. The van der Waals surface area contributed by atoms with Crippen molar-refractivity contribution < 1.29 is 24.2 Å². The first-order chi connectivity index (χ1) is 10.7. The molecule has 0 bridgehead atoms. The van der Waals surface area contributed by atoms with E-state index in [2.05, 4.69) is 10.2 Å². The molecule has 1 saturated heterocycles. The summed E-state index contributed by atoms with van der Waals surface area (Å²) in [5, 5.41) is 16.1. The van der Waals surface area contributed by atoms with E-state index in [1.807, 2.05) is 20.8 Å². The predicted octanol–water partition coefficient (Wildman–Crippen LogP) is 1.95. The van der Waals surface area contributed by atoms with Crippen LogP contribution in [0.3, 0.4) is 0 Å². The van der Waals surface area contributed by atoms with Crippen molar-refractivity contribution in [2.75, 3.05) is 13.1 Å². The number of amides is 1. The average molecular weight is 323 g/mol. The molecule has 0 atom stereocenters. The Bertz CT molecular complexity index is 559. The van der Waals surface area contributed by atoms with Crippen LogP contribution in [0.15, 0.2) is 12.1 Å². The van der Waals surface area contributed by atoms with E-state index in [-0.39, 0.29) is 23.8 Å². The maximum absolute atomic E-state index is 12.0. The molecule has 1 amide bonds. The number of ether oxygens (including phenoxy) is 2. The van der Waals surface area contributed by atoms with Gasteiger partial charge in [0.25, 0.3) is 0 Å². The molecule has 2 rings (SSSR count). The molecule has 8 heteroatoms. The molecule has 1 aromatic rings. The SMILES string of the molecule is CC(C)(C)OC(=O)N1CCC(Oc2ccc(C(=O)O)nn2)CC1. The number of aromatic carboxylic acids is 1.